The lowest BCUT2D eigenvalue weighted by Gasteiger charge is -2.29. The summed E-state index contributed by atoms with van der Waals surface area (Å²) in [6.45, 7) is 0. The number of para-hydroxylation sites is 2. The highest BCUT2D eigenvalue weighted by atomic mass is 16.3. The van der Waals surface area contributed by atoms with Crippen LogP contribution in [0.3, 0.4) is 0 Å². The van der Waals surface area contributed by atoms with Crippen LogP contribution in [0, 0.1) is 0 Å². The Labute approximate surface area is 314 Å². The van der Waals surface area contributed by atoms with Gasteiger partial charge in [0.05, 0.1) is 16.8 Å². The van der Waals surface area contributed by atoms with Crippen molar-refractivity contribution in [3.8, 4) is 44.5 Å². The average Bonchev–Trinajstić information content (AvgIpc) is 3.65. The largest absolute Gasteiger partial charge is 0.455 e. The summed E-state index contributed by atoms with van der Waals surface area (Å²) in [5, 5.41) is 4.57. The van der Waals surface area contributed by atoms with Crippen molar-refractivity contribution in [1.29, 1.82) is 0 Å². The molecule has 0 saturated heterocycles. The monoisotopic (exact) mass is 689 g/mol. The molecule has 0 unspecified atom stereocenters. The summed E-state index contributed by atoms with van der Waals surface area (Å²) >= 11 is 0. The molecule has 2 nitrogen and oxygen atoms in total. The Kier molecular flexibility index (Phi) is 7.85. The standard InChI is InChI=1S/C52H35NO/c1-3-14-36(15-4-1)38-26-28-41(29-27-38)44-21-9-11-24-48(44)53(42-32-30-39(31-33-42)37-16-5-2-6-17-37)49-35-34-46(45-23-13-19-40-18-7-8-20-43(40)45)52-51(49)47-22-10-12-25-50(47)54-52/h1-35H. The summed E-state index contributed by atoms with van der Waals surface area (Å²) < 4.78 is 6.87. The van der Waals surface area contributed by atoms with E-state index >= 15 is 0 Å². The Morgan fingerprint density at radius 3 is 1.59 bits per heavy atom. The van der Waals surface area contributed by atoms with E-state index in [9.17, 15) is 0 Å². The number of furan rings is 1. The minimum atomic E-state index is 0.866. The van der Waals surface area contributed by atoms with Gasteiger partial charge in [-0.2, -0.15) is 0 Å². The molecule has 1 heterocycles. The topological polar surface area (TPSA) is 16.4 Å². The van der Waals surface area contributed by atoms with Gasteiger partial charge in [0, 0.05) is 22.2 Å². The zero-order chi connectivity index (χ0) is 35.8. The lowest BCUT2D eigenvalue weighted by molar-refractivity contribution is 0.670. The molecule has 254 valence electrons. The van der Waals surface area contributed by atoms with Crippen molar-refractivity contribution >= 4 is 49.8 Å². The molecule has 0 atom stereocenters. The molecule has 9 aromatic carbocycles. The van der Waals surface area contributed by atoms with E-state index in [0.29, 0.717) is 0 Å². The lowest BCUT2D eigenvalue weighted by atomic mass is 9.95. The molecule has 10 rings (SSSR count). The van der Waals surface area contributed by atoms with Gasteiger partial charge >= 0.3 is 0 Å². The predicted molar refractivity (Wildman–Crippen MR) is 228 cm³/mol. The third-order valence-corrected chi connectivity index (χ3v) is 10.5. The molecule has 0 N–H and O–H groups in total. The van der Waals surface area contributed by atoms with Gasteiger partial charge in [0.2, 0.25) is 0 Å². The summed E-state index contributed by atoms with van der Waals surface area (Å²) in [7, 11) is 0. The molecule has 2 heteroatoms. The van der Waals surface area contributed by atoms with Crippen molar-refractivity contribution in [2.75, 3.05) is 4.90 Å². The first-order valence-electron chi connectivity index (χ1n) is 18.4. The Balaban J connectivity index is 1.21. The van der Waals surface area contributed by atoms with Crippen LogP contribution in [0.25, 0.3) is 77.2 Å². The van der Waals surface area contributed by atoms with E-state index < -0.39 is 0 Å². The molecule has 0 aliphatic rings. The third-order valence-electron chi connectivity index (χ3n) is 10.5. The predicted octanol–water partition coefficient (Wildman–Crippen LogP) is 14.9. The minimum Gasteiger partial charge on any atom is -0.455 e. The quantitative estimate of drug-likeness (QED) is 0.166. The van der Waals surface area contributed by atoms with Crippen LogP contribution in [-0.4, -0.2) is 0 Å². The molecule has 0 fully saturated rings. The number of hydrogen-bond acceptors (Lipinski definition) is 2. The van der Waals surface area contributed by atoms with Crippen LogP contribution in [0.1, 0.15) is 0 Å². The summed E-state index contributed by atoms with van der Waals surface area (Å²) in [4.78, 5) is 2.41. The fraction of sp³-hybridized carbons (Fsp3) is 0. The first-order chi connectivity index (χ1) is 26.8. The summed E-state index contributed by atoms with van der Waals surface area (Å²) in [6.07, 6.45) is 0. The van der Waals surface area contributed by atoms with E-state index in [1.165, 1.54) is 33.0 Å². The van der Waals surface area contributed by atoms with Crippen LogP contribution in [0.4, 0.5) is 17.1 Å². The maximum atomic E-state index is 6.87. The van der Waals surface area contributed by atoms with E-state index in [4.69, 9.17) is 4.42 Å². The lowest BCUT2D eigenvalue weighted by Crippen LogP contribution is -2.11. The third kappa shape index (κ3) is 5.53. The van der Waals surface area contributed by atoms with Crippen LogP contribution in [0.15, 0.2) is 217 Å². The van der Waals surface area contributed by atoms with Crippen LogP contribution in [-0.2, 0) is 0 Å². The van der Waals surface area contributed by atoms with Crippen molar-refractivity contribution < 1.29 is 4.42 Å². The number of hydrogen-bond donors (Lipinski definition) is 0. The number of anilines is 3. The maximum absolute atomic E-state index is 6.87. The van der Waals surface area contributed by atoms with Gasteiger partial charge in [0.1, 0.15) is 11.2 Å². The van der Waals surface area contributed by atoms with Gasteiger partial charge in [-0.15, -0.1) is 0 Å². The molecule has 0 aliphatic heterocycles. The molecular formula is C52H35NO. The van der Waals surface area contributed by atoms with Crippen molar-refractivity contribution in [1.82, 2.24) is 0 Å². The smallest absolute Gasteiger partial charge is 0.145 e. The van der Waals surface area contributed by atoms with Gasteiger partial charge in [0.25, 0.3) is 0 Å². The van der Waals surface area contributed by atoms with Gasteiger partial charge in [-0.25, -0.2) is 0 Å². The van der Waals surface area contributed by atoms with Crippen molar-refractivity contribution in [2.45, 2.75) is 0 Å². The maximum Gasteiger partial charge on any atom is 0.145 e. The van der Waals surface area contributed by atoms with Crippen LogP contribution >= 0.6 is 0 Å². The van der Waals surface area contributed by atoms with Crippen LogP contribution < -0.4 is 4.90 Å². The Bertz CT molecular complexity index is 2900. The highest BCUT2D eigenvalue weighted by Crippen LogP contribution is 2.49. The van der Waals surface area contributed by atoms with Crippen molar-refractivity contribution in [3.05, 3.63) is 212 Å². The number of rotatable bonds is 7. The second-order valence-electron chi connectivity index (χ2n) is 13.7. The Morgan fingerprint density at radius 1 is 0.315 bits per heavy atom. The van der Waals surface area contributed by atoms with Crippen LogP contribution in [0.2, 0.25) is 0 Å². The molecule has 0 aliphatic carbocycles. The normalized spacial score (nSPS) is 11.3. The van der Waals surface area contributed by atoms with Gasteiger partial charge in [-0.3, -0.25) is 0 Å². The molecule has 0 spiro atoms. The summed E-state index contributed by atoms with van der Waals surface area (Å²) in [5.41, 5.74) is 14.2. The molecule has 0 bridgehead atoms. The van der Waals surface area contributed by atoms with E-state index in [2.05, 4.69) is 217 Å². The molecule has 0 radical (unpaired) electrons. The van der Waals surface area contributed by atoms with Crippen LogP contribution in [0.5, 0.6) is 0 Å². The zero-order valence-electron chi connectivity index (χ0n) is 29.6. The minimum absolute atomic E-state index is 0.866. The SMILES string of the molecule is c1ccc(-c2ccc(-c3ccccc3N(c3ccc(-c4ccccc4)cc3)c3ccc(-c4cccc5ccccc45)c4oc5ccccc5c34)cc2)cc1. The van der Waals surface area contributed by atoms with E-state index in [1.54, 1.807) is 0 Å². The number of nitrogens with zero attached hydrogens (tertiary/aromatic N) is 1. The van der Waals surface area contributed by atoms with Gasteiger partial charge in [-0.05, 0) is 80.6 Å². The van der Waals surface area contributed by atoms with E-state index in [0.717, 1.165) is 61.3 Å². The highest BCUT2D eigenvalue weighted by Gasteiger charge is 2.24. The molecule has 54 heavy (non-hydrogen) atoms. The highest BCUT2D eigenvalue weighted by molar-refractivity contribution is 6.18. The van der Waals surface area contributed by atoms with Gasteiger partial charge < -0.3 is 9.32 Å². The van der Waals surface area contributed by atoms with Gasteiger partial charge in [-0.1, -0.05) is 176 Å². The fourth-order valence-electron chi connectivity index (χ4n) is 7.90. The van der Waals surface area contributed by atoms with E-state index in [-0.39, 0.29) is 0 Å². The molecular weight excluding hydrogens is 655 g/mol. The van der Waals surface area contributed by atoms with Crippen molar-refractivity contribution in [3.63, 3.8) is 0 Å². The first-order valence-corrected chi connectivity index (χ1v) is 18.4. The molecule has 0 amide bonds. The fourth-order valence-corrected chi connectivity index (χ4v) is 7.90. The summed E-state index contributed by atoms with van der Waals surface area (Å²) in [5.74, 6) is 0. The average molecular weight is 690 g/mol. The first kappa shape index (κ1) is 31.6. The second-order valence-corrected chi connectivity index (χ2v) is 13.7. The molecule has 1 aromatic heterocycles. The van der Waals surface area contributed by atoms with Crippen molar-refractivity contribution in [2.24, 2.45) is 0 Å². The molecule has 0 saturated carbocycles. The number of fused-ring (bicyclic) bond motifs is 4. The number of benzene rings is 9. The second kappa shape index (κ2) is 13.4. The summed E-state index contributed by atoms with van der Waals surface area (Å²) in [6, 6.07) is 75.8. The Morgan fingerprint density at radius 2 is 0.852 bits per heavy atom. The van der Waals surface area contributed by atoms with E-state index in [1.807, 2.05) is 0 Å². The molecule has 10 aromatic rings. The zero-order valence-corrected chi connectivity index (χ0v) is 29.6. The van der Waals surface area contributed by atoms with Gasteiger partial charge in [0.15, 0.2) is 0 Å². The Hall–Kier alpha value is -7.16.